The van der Waals surface area contributed by atoms with E-state index in [1.807, 2.05) is 0 Å². The smallest absolute Gasteiger partial charge is 0.356 e. The normalized spacial score (nSPS) is 21.8. The second-order valence-corrected chi connectivity index (χ2v) is 2.55. The molecule has 1 aliphatic rings. The molecule has 0 radical (unpaired) electrons. The minimum atomic E-state index is -0.982. The number of hydrogen-bond donors (Lipinski definition) is 1. The third-order valence-electron chi connectivity index (χ3n) is 1.62. The monoisotopic (exact) mass is 185 g/mol. The summed E-state index contributed by atoms with van der Waals surface area (Å²) >= 11 is 0. The van der Waals surface area contributed by atoms with Gasteiger partial charge in [-0.05, 0) is 6.92 Å². The van der Waals surface area contributed by atoms with E-state index in [0.29, 0.717) is 0 Å². The third-order valence-corrected chi connectivity index (χ3v) is 1.62. The number of rotatable bonds is 2. The van der Waals surface area contributed by atoms with Crippen molar-refractivity contribution in [1.82, 2.24) is 5.01 Å². The van der Waals surface area contributed by atoms with Gasteiger partial charge in [0.1, 0.15) is 6.04 Å². The lowest BCUT2D eigenvalue weighted by atomic mass is 10.2. The maximum atomic E-state index is 11.1. The van der Waals surface area contributed by atoms with Crippen LogP contribution in [-0.4, -0.2) is 42.3 Å². The van der Waals surface area contributed by atoms with Crippen LogP contribution in [0, 0.1) is 0 Å². The number of nitrogens with zero attached hydrogens (tertiary/aromatic N) is 2. The van der Waals surface area contributed by atoms with E-state index >= 15 is 0 Å². The molecule has 2 N–H and O–H groups in total. The SMILES string of the molecule is CCOC(=O)C1=NN(C)C(=O)C1N. The number of amides is 1. The Balaban J connectivity index is 2.76. The van der Waals surface area contributed by atoms with E-state index in [1.54, 1.807) is 6.92 Å². The number of nitrogens with two attached hydrogens (primary N) is 1. The average molecular weight is 185 g/mol. The lowest BCUT2D eigenvalue weighted by Gasteiger charge is -2.03. The summed E-state index contributed by atoms with van der Waals surface area (Å²) in [5.41, 5.74) is 5.39. The Morgan fingerprint density at radius 1 is 1.77 bits per heavy atom. The van der Waals surface area contributed by atoms with Crippen LogP contribution in [0.5, 0.6) is 0 Å². The van der Waals surface area contributed by atoms with Crippen LogP contribution in [0.4, 0.5) is 0 Å². The number of carbonyl (C=O) groups is 2. The van der Waals surface area contributed by atoms with Crippen molar-refractivity contribution in [3.63, 3.8) is 0 Å². The van der Waals surface area contributed by atoms with Gasteiger partial charge in [-0.2, -0.15) is 5.10 Å². The molecule has 0 aromatic rings. The molecule has 0 fully saturated rings. The predicted octanol–water partition coefficient (Wildman–Crippen LogP) is -1.30. The predicted molar refractivity (Wildman–Crippen MR) is 44.8 cm³/mol. The van der Waals surface area contributed by atoms with Gasteiger partial charge in [-0.3, -0.25) is 4.79 Å². The molecule has 1 amide bonds. The molecule has 0 aromatic heterocycles. The highest BCUT2D eigenvalue weighted by molar-refractivity contribution is 6.44. The standard InChI is InChI=1S/C7H11N3O3/c1-3-13-7(12)5-4(8)6(11)10(2)9-5/h4H,3,8H2,1-2H3. The van der Waals surface area contributed by atoms with E-state index in [4.69, 9.17) is 5.73 Å². The Labute approximate surface area is 75.3 Å². The third kappa shape index (κ3) is 1.67. The van der Waals surface area contributed by atoms with Crippen LogP contribution in [-0.2, 0) is 14.3 Å². The fourth-order valence-corrected chi connectivity index (χ4v) is 0.964. The summed E-state index contributed by atoms with van der Waals surface area (Å²) in [5, 5.41) is 4.71. The van der Waals surface area contributed by atoms with Gasteiger partial charge in [0.2, 0.25) is 0 Å². The van der Waals surface area contributed by atoms with E-state index in [1.165, 1.54) is 7.05 Å². The van der Waals surface area contributed by atoms with Gasteiger partial charge in [0.25, 0.3) is 5.91 Å². The van der Waals surface area contributed by atoms with Crippen LogP contribution < -0.4 is 5.73 Å². The quantitative estimate of drug-likeness (QED) is 0.542. The molecular weight excluding hydrogens is 174 g/mol. The van der Waals surface area contributed by atoms with E-state index in [9.17, 15) is 9.59 Å². The molecule has 1 atom stereocenters. The Kier molecular flexibility index (Phi) is 2.62. The van der Waals surface area contributed by atoms with E-state index < -0.39 is 17.9 Å². The molecule has 1 rings (SSSR count). The van der Waals surface area contributed by atoms with E-state index in [-0.39, 0.29) is 12.3 Å². The molecule has 1 heterocycles. The van der Waals surface area contributed by atoms with Crippen molar-refractivity contribution >= 4 is 17.6 Å². The number of esters is 1. The minimum Gasteiger partial charge on any atom is -0.461 e. The van der Waals surface area contributed by atoms with Gasteiger partial charge in [0.05, 0.1) is 6.61 Å². The summed E-state index contributed by atoms with van der Waals surface area (Å²) < 4.78 is 4.66. The van der Waals surface area contributed by atoms with Gasteiger partial charge < -0.3 is 10.5 Å². The molecule has 0 aliphatic carbocycles. The summed E-state index contributed by atoms with van der Waals surface area (Å²) in [7, 11) is 1.44. The number of ether oxygens (including phenoxy) is 1. The maximum absolute atomic E-state index is 11.1. The fourth-order valence-electron chi connectivity index (χ4n) is 0.964. The zero-order valence-electron chi connectivity index (χ0n) is 7.48. The molecule has 1 aliphatic heterocycles. The highest BCUT2D eigenvalue weighted by Crippen LogP contribution is 2.05. The summed E-state index contributed by atoms with van der Waals surface area (Å²) in [6.07, 6.45) is 0. The lowest BCUT2D eigenvalue weighted by Crippen LogP contribution is -2.41. The van der Waals surface area contributed by atoms with Crippen molar-refractivity contribution in [3.8, 4) is 0 Å². The Morgan fingerprint density at radius 2 is 2.38 bits per heavy atom. The van der Waals surface area contributed by atoms with Gasteiger partial charge >= 0.3 is 5.97 Å². The Hall–Kier alpha value is -1.43. The van der Waals surface area contributed by atoms with Crippen molar-refractivity contribution < 1.29 is 14.3 Å². The van der Waals surface area contributed by atoms with Crippen LogP contribution in [0.1, 0.15) is 6.92 Å². The van der Waals surface area contributed by atoms with Crippen molar-refractivity contribution in [2.75, 3.05) is 13.7 Å². The first-order valence-electron chi connectivity index (χ1n) is 3.86. The summed E-state index contributed by atoms with van der Waals surface area (Å²) in [6, 6.07) is -0.982. The van der Waals surface area contributed by atoms with Crippen molar-refractivity contribution in [1.29, 1.82) is 0 Å². The van der Waals surface area contributed by atoms with Gasteiger partial charge in [-0.25, -0.2) is 9.80 Å². The topological polar surface area (TPSA) is 85.0 Å². The molecule has 1 unspecified atom stereocenters. The van der Waals surface area contributed by atoms with Crippen LogP contribution in [0.15, 0.2) is 5.10 Å². The fraction of sp³-hybridized carbons (Fsp3) is 0.571. The van der Waals surface area contributed by atoms with Crippen molar-refractivity contribution in [2.24, 2.45) is 10.8 Å². The number of hydrogen-bond acceptors (Lipinski definition) is 5. The minimum absolute atomic E-state index is 0.0330. The molecule has 0 saturated heterocycles. The zero-order valence-corrected chi connectivity index (χ0v) is 7.48. The van der Waals surface area contributed by atoms with Crippen LogP contribution in [0.25, 0.3) is 0 Å². The largest absolute Gasteiger partial charge is 0.461 e. The van der Waals surface area contributed by atoms with Gasteiger partial charge in [0, 0.05) is 7.05 Å². The lowest BCUT2D eigenvalue weighted by molar-refractivity contribution is -0.135. The number of carbonyl (C=O) groups excluding carboxylic acids is 2. The highest BCUT2D eigenvalue weighted by Gasteiger charge is 2.35. The Bertz CT molecular complexity index is 274. The first-order valence-corrected chi connectivity index (χ1v) is 3.86. The van der Waals surface area contributed by atoms with Gasteiger partial charge in [-0.15, -0.1) is 0 Å². The molecule has 0 saturated carbocycles. The molecular formula is C7H11N3O3. The second kappa shape index (κ2) is 3.53. The molecule has 0 bridgehead atoms. The second-order valence-electron chi connectivity index (χ2n) is 2.55. The van der Waals surface area contributed by atoms with Crippen LogP contribution in [0.2, 0.25) is 0 Å². The van der Waals surface area contributed by atoms with E-state index in [0.717, 1.165) is 5.01 Å². The first-order chi connectivity index (χ1) is 6.07. The molecule has 13 heavy (non-hydrogen) atoms. The summed E-state index contributed by atoms with van der Waals surface area (Å²) in [6.45, 7) is 1.91. The summed E-state index contributed by atoms with van der Waals surface area (Å²) in [4.78, 5) is 22.2. The van der Waals surface area contributed by atoms with Crippen LogP contribution in [0.3, 0.4) is 0 Å². The van der Waals surface area contributed by atoms with Crippen molar-refractivity contribution in [3.05, 3.63) is 0 Å². The van der Waals surface area contributed by atoms with Gasteiger partial charge in [0.15, 0.2) is 5.71 Å². The highest BCUT2D eigenvalue weighted by atomic mass is 16.5. The molecule has 72 valence electrons. The van der Waals surface area contributed by atoms with Crippen LogP contribution >= 0.6 is 0 Å². The van der Waals surface area contributed by atoms with Gasteiger partial charge in [-0.1, -0.05) is 0 Å². The Morgan fingerprint density at radius 3 is 2.77 bits per heavy atom. The molecule has 6 nitrogen and oxygen atoms in total. The molecule has 6 heteroatoms. The molecule has 0 spiro atoms. The average Bonchev–Trinajstić information content (AvgIpc) is 2.33. The summed E-state index contributed by atoms with van der Waals surface area (Å²) in [5.74, 6) is -1.03. The number of hydrazone groups is 1. The zero-order chi connectivity index (χ0) is 10.0. The number of likely N-dealkylation sites (N-methyl/N-ethyl adjacent to an activating group) is 1. The van der Waals surface area contributed by atoms with E-state index in [2.05, 4.69) is 9.84 Å². The van der Waals surface area contributed by atoms with Crippen molar-refractivity contribution in [2.45, 2.75) is 13.0 Å². The maximum Gasteiger partial charge on any atom is 0.356 e. The first kappa shape index (κ1) is 9.66. The molecule has 0 aromatic carbocycles.